The van der Waals surface area contributed by atoms with Gasteiger partial charge in [0, 0.05) is 29.3 Å². The number of anilines is 1. The molecule has 2 N–H and O–H groups in total. The summed E-state index contributed by atoms with van der Waals surface area (Å²) >= 11 is 11.6. The number of rotatable bonds is 5. The van der Waals surface area contributed by atoms with Crippen LogP contribution in [0.3, 0.4) is 0 Å². The first-order chi connectivity index (χ1) is 11.4. The van der Waals surface area contributed by atoms with E-state index in [0.717, 1.165) is 5.56 Å². The van der Waals surface area contributed by atoms with Crippen molar-refractivity contribution in [2.24, 2.45) is 0 Å². The van der Waals surface area contributed by atoms with Crippen molar-refractivity contribution in [3.05, 3.63) is 63.6 Å². The van der Waals surface area contributed by atoms with E-state index in [2.05, 4.69) is 0 Å². The largest absolute Gasteiger partial charge is 0.452 e. The summed E-state index contributed by atoms with van der Waals surface area (Å²) in [6.45, 7) is 0.0155. The van der Waals surface area contributed by atoms with E-state index in [9.17, 15) is 9.59 Å². The van der Waals surface area contributed by atoms with E-state index < -0.39 is 5.97 Å². The van der Waals surface area contributed by atoms with Crippen molar-refractivity contribution in [3.63, 3.8) is 0 Å². The zero-order valence-electron chi connectivity index (χ0n) is 13.0. The highest BCUT2D eigenvalue weighted by Crippen LogP contribution is 2.19. The number of nitrogens with two attached hydrogens (primary N) is 1. The summed E-state index contributed by atoms with van der Waals surface area (Å²) in [5, 5.41) is 1.05. The minimum absolute atomic E-state index is 0.174. The molecule has 7 heteroatoms. The second-order valence-corrected chi connectivity index (χ2v) is 6.06. The molecular formula is C17H16Cl2N2O3. The van der Waals surface area contributed by atoms with Crippen molar-refractivity contribution in [2.45, 2.75) is 6.54 Å². The van der Waals surface area contributed by atoms with Crippen molar-refractivity contribution in [1.29, 1.82) is 0 Å². The molecule has 24 heavy (non-hydrogen) atoms. The minimum Gasteiger partial charge on any atom is -0.452 e. The molecule has 0 aliphatic heterocycles. The Morgan fingerprint density at radius 3 is 2.33 bits per heavy atom. The number of carbonyl (C=O) groups is 2. The summed E-state index contributed by atoms with van der Waals surface area (Å²) < 4.78 is 5.01. The highest BCUT2D eigenvalue weighted by atomic mass is 35.5. The van der Waals surface area contributed by atoms with Gasteiger partial charge in [0.05, 0.1) is 5.56 Å². The monoisotopic (exact) mass is 366 g/mol. The number of hydrogen-bond donors (Lipinski definition) is 1. The molecule has 0 aromatic heterocycles. The highest BCUT2D eigenvalue weighted by Gasteiger charge is 2.16. The van der Waals surface area contributed by atoms with Crippen LogP contribution in [-0.2, 0) is 16.1 Å². The van der Waals surface area contributed by atoms with Gasteiger partial charge < -0.3 is 15.4 Å². The van der Waals surface area contributed by atoms with Crippen LogP contribution in [0.4, 0.5) is 5.69 Å². The van der Waals surface area contributed by atoms with Gasteiger partial charge in [-0.05, 0) is 35.9 Å². The Bertz CT molecular complexity index is 748. The van der Waals surface area contributed by atoms with Gasteiger partial charge in [-0.15, -0.1) is 0 Å². The number of ether oxygens (including phenoxy) is 1. The molecule has 0 aliphatic rings. The maximum absolute atomic E-state index is 12.1. The fourth-order valence-electron chi connectivity index (χ4n) is 1.99. The average molecular weight is 367 g/mol. The number of carbonyl (C=O) groups excluding carboxylic acids is 2. The fourth-order valence-corrected chi connectivity index (χ4v) is 2.29. The molecule has 2 aromatic rings. The lowest BCUT2D eigenvalue weighted by Crippen LogP contribution is -2.30. The van der Waals surface area contributed by atoms with Crippen LogP contribution in [0, 0.1) is 0 Å². The van der Waals surface area contributed by atoms with Crippen LogP contribution in [0.2, 0.25) is 10.0 Å². The molecule has 2 rings (SSSR count). The zero-order chi connectivity index (χ0) is 17.7. The molecule has 0 bridgehead atoms. The van der Waals surface area contributed by atoms with Crippen LogP contribution in [0.15, 0.2) is 42.5 Å². The summed E-state index contributed by atoms with van der Waals surface area (Å²) in [5.74, 6) is -0.997. The third-order valence-corrected chi connectivity index (χ3v) is 3.81. The number of likely N-dealkylation sites (N-methyl/N-ethyl adjacent to an activating group) is 1. The van der Waals surface area contributed by atoms with E-state index >= 15 is 0 Å². The lowest BCUT2D eigenvalue weighted by atomic mass is 10.2. The minimum atomic E-state index is -0.669. The Morgan fingerprint density at radius 2 is 1.71 bits per heavy atom. The second kappa shape index (κ2) is 8.04. The van der Waals surface area contributed by atoms with Gasteiger partial charge in [0.15, 0.2) is 6.61 Å². The van der Waals surface area contributed by atoms with Crippen LogP contribution < -0.4 is 5.73 Å². The van der Waals surface area contributed by atoms with Crippen LogP contribution in [0.5, 0.6) is 0 Å². The Labute approximate surface area is 149 Å². The molecular weight excluding hydrogens is 351 g/mol. The van der Waals surface area contributed by atoms with E-state index in [1.807, 2.05) is 12.1 Å². The normalized spacial score (nSPS) is 10.3. The predicted octanol–water partition coefficient (Wildman–Crippen LogP) is 3.39. The molecule has 2 aromatic carbocycles. The molecule has 0 fully saturated rings. The third kappa shape index (κ3) is 4.88. The van der Waals surface area contributed by atoms with Crippen molar-refractivity contribution in [2.75, 3.05) is 19.4 Å². The number of halogens is 2. The number of nitrogens with zero attached hydrogens (tertiary/aromatic N) is 1. The first kappa shape index (κ1) is 18.1. The zero-order valence-corrected chi connectivity index (χ0v) is 14.5. The summed E-state index contributed by atoms with van der Waals surface area (Å²) in [6, 6.07) is 11.6. The molecule has 1 amide bonds. The molecule has 5 nitrogen and oxygen atoms in total. The van der Waals surface area contributed by atoms with Crippen LogP contribution in [0.1, 0.15) is 15.9 Å². The number of hydrogen-bond acceptors (Lipinski definition) is 4. The topological polar surface area (TPSA) is 72.6 Å². The van der Waals surface area contributed by atoms with Crippen LogP contribution in [0.25, 0.3) is 0 Å². The Kier molecular flexibility index (Phi) is 6.06. The molecule has 0 radical (unpaired) electrons. The fraction of sp³-hybridized carbons (Fsp3) is 0.176. The highest BCUT2D eigenvalue weighted by molar-refractivity contribution is 6.31. The maximum atomic E-state index is 12.1. The molecule has 0 spiro atoms. The average Bonchev–Trinajstić information content (AvgIpc) is 2.54. The van der Waals surface area contributed by atoms with E-state index in [4.69, 9.17) is 33.7 Å². The van der Waals surface area contributed by atoms with E-state index in [-0.39, 0.29) is 23.8 Å². The van der Waals surface area contributed by atoms with Crippen LogP contribution >= 0.6 is 23.2 Å². The lowest BCUT2D eigenvalue weighted by Gasteiger charge is -2.17. The van der Waals surface area contributed by atoms with Crippen molar-refractivity contribution in [3.8, 4) is 0 Å². The first-order valence-corrected chi connectivity index (χ1v) is 7.83. The number of esters is 1. The SMILES string of the molecule is CN(Cc1ccc(Cl)cc1)C(=O)COC(=O)c1ccc(Cl)cc1N. The van der Waals surface area contributed by atoms with E-state index in [1.165, 1.54) is 23.1 Å². The van der Waals surface area contributed by atoms with Gasteiger partial charge >= 0.3 is 5.97 Å². The molecule has 0 saturated carbocycles. The van der Waals surface area contributed by atoms with Gasteiger partial charge in [0.25, 0.3) is 5.91 Å². The molecule has 0 unspecified atom stereocenters. The molecule has 0 saturated heterocycles. The van der Waals surface area contributed by atoms with Crippen LogP contribution in [-0.4, -0.2) is 30.4 Å². The Balaban J connectivity index is 1.89. The Hall–Kier alpha value is -2.24. The summed E-state index contributed by atoms with van der Waals surface area (Å²) in [6.07, 6.45) is 0. The summed E-state index contributed by atoms with van der Waals surface area (Å²) in [7, 11) is 1.63. The number of amides is 1. The van der Waals surface area contributed by atoms with Crippen molar-refractivity contribution in [1.82, 2.24) is 4.90 Å². The van der Waals surface area contributed by atoms with Gasteiger partial charge in [0.1, 0.15) is 0 Å². The summed E-state index contributed by atoms with van der Waals surface area (Å²) in [5.41, 5.74) is 7.01. The molecule has 0 aliphatic carbocycles. The van der Waals surface area contributed by atoms with Crippen molar-refractivity contribution >= 4 is 40.8 Å². The molecule has 126 valence electrons. The van der Waals surface area contributed by atoms with Gasteiger partial charge in [-0.2, -0.15) is 0 Å². The molecule has 0 heterocycles. The lowest BCUT2D eigenvalue weighted by molar-refractivity contribution is -0.133. The van der Waals surface area contributed by atoms with Gasteiger partial charge in [0.2, 0.25) is 0 Å². The summed E-state index contributed by atoms with van der Waals surface area (Å²) in [4.78, 5) is 25.5. The van der Waals surface area contributed by atoms with Gasteiger partial charge in [-0.25, -0.2) is 4.79 Å². The smallest absolute Gasteiger partial charge is 0.340 e. The second-order valence-electron chi connectivity index (χ2n) is 5.18. The standard InChI is InChI=1S/C17H16Cl2N2O3/c1-21(9-11-2-4-12(18)5-3-11)16(22)10-24-17(23)14-7-6-13(19)8-15(14)20/h2-8H,9-10,20H2,1H3. The van der Waals surface area contributed by atoms with Gasteiger partial charge in [-0.1, -0.05) is 35.3 Å². The molecule has 0 atom stereocenters. The quantitative estimate of drug-likeness (QED) is 0.650. The van der Waals surface area contributed by atoms with Gasteiger partial charge in [-0.3, -0.25) is 4.79 Å². The number of benzene rings is 2. The van der Waals surface area contributed by atoms with E-state index in [0.29, 0.717) is 16.6 Å². The first-order valence-electron chi connectivity index (χ1n) is 7.07. The Morgan fingerprint density at radius 1 is 1.08 bits per heavy atom. The van der Waals surface area contributed by atoms with Crippen molar-refractivity contribution < 1.29 is 14.3 Å². The predicted molar refractivity (Wildman–Crippen MR) is 94.1 cm³/mol. The third-order valence-electron chi connectivity index (χ3n) is 3.32. The van der Waals surface area contributed by atoms with E-state index in [1.54, 1.807) is 19.2 Å². The maximum Gasteiger partial charge on any atom is 0.340 e. The number of nitrogen functional groups attached to an aromatic ring is 1.